The Morgan fingerprint density at radius 1 is 1.02 bits per heavy atom. The number of fused-ring (bicyclic) bond motifs is 1. The van der Waals surface area contributed by atoms with Crippen molar-refractivity contribution < 1.29 is 23.8 Å². The van der Waals surface area contributed by atoms with Crippen molar-refractivity contribution in [2.75, 3.05) is 13.7 Å². The number of carbonyl (C=O) groups excluding carboxylic acids is 2. The third kappa shape index (κ3) is 6.40. The first-order valence-corrected chi connectivity index (χ1v) is 15.3. The molecule has 0 saturated heterocycles. The monoisotopic (exact) mass is 660 g/mol. The number of halogens is 1. The Kier molecular flexibility index (Phi) is 9.37. The molecule has 0 saturated carbocycles. The summed E-state index contributed by atoms with van der Waals surface area (Å²) in [4.78, 5) is 44.2. The van der Waals surface area contributed by atoms with E-state index in [1.54, 1.807) is 29.7 Å². The Morgan fingerprint density at radius 3 is 2.44 bits per heavy atom. The quantitative estimate of drug-likeness (QED) is 0.226. The lowest BCUT2D eigenvalue weighted by Gasteiger charge is -2.25. The largest absolute Gasteiger partial charge is 0.488 e. The molecule has 0 spiro atoms. The van der Waals surface area contributed by atoms with Gasteiger partial charge >= 0.3 is 11.9 Å². The standard InChI is InChI=1S/C33H29BrN2O6S/c1-4-25-28(32(39)40-3)29(21-9-7-6-8-10-21)36-30(37)27(43-33(36)35-25)18-23-17-24(34)15-16-26(23)42-19-20-11-13-22(14-12-20)31(38)41-5-2/h6-18,29H,4-5,19H2,1-3H3/b27-18+/t29-/m1/s1. The van der Waals surface area contributed by atoms with Crippen LogP contribution in [0.25, 0.3) is 6.08 Å². The minimum absolute atomic E-state index is 0.253. The van der Waals surface area contributed by atoms with Gasteiger partial charge in [0.1, 0.15) is 12.4 Å². The molecule has 0 N–H and O–H groups in total. The maximum atomic E-state index is 14.0. The second-order valence-corrected chi connectivity index (χ2v) is 11.5. The van der Waals surface area contributed by atoms with Crippen molar-refractivity contribution in [2.24, 2.45) is 4.99 Å². The van der Waals surface area contributed by atoms with Crippen LogP contribution in [-0.2, 0) is 20.9 Å². The number of ether oxygens (including phenoxy) is 3. The van der Waals surface area contributed by atoms with Gasteiger partial charge in [-0.1, -0.05) is 76.7 Å². The summed E-state index contributed by atoms with van der Waals surface area (Å²) < 4.78 is 19.2. The van der Waals surface area contributed by atoms with Crippen LogP contribution in [0.1, 0.15) is 53.4 Å². The smallest absolute Gasteiger partial charge is 0.338 e. The van der Waals surface area contributed by atoms with Crippen molar-refractivity contribution in [3.63, 3.8) is 0 Å². The topological polar surface area (TPSA) is 96.2 Å². The van der Waals surface area contributed by atoms with E-state index in [-0.39, 0.29) is 18.1 Å². The van der Waals surface area contributed by atoms with Crippen molar-refractivity contribution in [2.45, 2.75) is 32.9 Å². The summed E-state index contributed by atoms with van der Waals surface area (Å²) in [5.41, 5.74) is 3.50. The maximum Gasteiger partial charge on any atom is 0.338 e. The van der Waals surface area contributed by atoms with Gasteiger partial charge in [-0.05, 0) is 60.9 Å². The first-order valence-electron chi connectivity index (χ1n) is 13.7. The Labute approximate surface area is 260 Å². The zero-order valence-electron chi connectivity index (χ0n) is 23.8. The molecule has 43 heavy (non-hydrogen) atoms. The molecule has 4 aromatic rings. The number of methoxy groups -OCH3 is 1. The first kappa shape index (κ1) is 30.2. The fourth-order valence-corrected chi connectivity index (χ4v) is 6.22. The number of hydrogen-bond donors (Lipinski definition) is 0. The first-order chi connectivity index (χ1) is 20.8. The zero-order valence-corrected chi connectivity index (χ0v) is 26.2. The number of benzene rings is 3. The fourth-order valence-electron chi connectivity index (χ4n) is 4.83. The van der Waals surface area contributed by atoms with E-state index in [1.165, 1.54) is 18.4 Å². The highest BCUT2D eigenvalue weighted by Crippen LogP contribution is 2.32. The molecule has 5 rings (SSSR count). The highest BCUT2D eigenvalue weighted by atomic mass is 79.9. The van der Waals surface area contributed by atoms with Crippen molar-refractivity contribution in [3.8, 4) is 5.75 Å². The van der Waals surface area contributed by atoms with E-state index in [0.29, 0.717) is 50.5 Å². The molecule has 1 aliphatic rings. The van der Waals surface area contributed by atoms with Gasteiger partial charge in [0.25, 0.3) is 5.56 Å². The van der Waals surface area contributed by atoms with Gasteiger partial charge in [0.2, 0.25) is 0 Å². The van der Waals surface area contributed by atoms with Gasteiger partial charge in [-0.15, -0.1) is 0 Å². The van der Waals surface area contributed by atoms with Crippen molar-refractivity contribution >= 4 is 45.3 Å². The Balaban J connectivity index is 1.54. The van der Waals surface area contributed by atoms with E-state index in [9.17, 15) is 14.4 Å². The van der Waals surface area contributed by atoms with E-state index in [0.717, 1.165) is 15.6 Å². The number of hydrogen-bond acceptors (Lipinski definition) is 8. The van der Waals surface area contributed by atoms with E-state index in [2.05, 4.69) is 15.9 Å². The molecule has 0 bridgehead atoms. The van der Waals surface area contributed by atoms with E-state index >= 15 is 0 Å². The van der Waals surface area contributed by atoms with Gasteiger partial charge in [-0.3, -0.25) is 9.36 Å². The summed E-state index contributed by atoms with van der Waals surface area (Å²) in [5.74, 6) is -0.305. The summed E-state index contributed by atoms with van der Waals surface area (Å²) >= 11 is 4.79. The summed E-state index contributed by atoms with van der Waals surface area (Å²) in [6, 6.07) is 21.4. The second kappa shape index (κ2) is 13.4. The van der Waals surface area contributed by atoms with Crippen molar-refractivity contribution in [1.82, 2.24) is 4.57 Å². The molecule has 8 nitrogen and oxygen atoms in total. The molecular formula is C33H29BrN2O6S. The second-order valence-electron chi connectivity index (χ2n) is 9.59. The zero-order chi connectivity index (χ0) is 30.5. The van der Waals surface area contributed by atoms with Crippen LogP contribution in [0.5, 0.6) is 5.75 Å². The molecular weight excluding hydrogens is 632 g/mol. The maximum absolute atomic E-state index is 14.0. The Morgan fingerprint density at radius 2 is 1.77 bits per heavy atom. The molecule has 0 fully saturated rings. The lowest BCUT2D eigenvalue weighted by Crippen LogP contribution is -2.40. The lowest BCUT2D eigenvalue weighted by molar-refractivity contribution is -0.136. The van der Waals surface area contributed by atoms with Crippen LogP contribution in [0.3, 0.4) is 0 Å². The molecule has 2 heterocycles. The summed E-state index contributed by atoms with van der Waals surface area (Å²) in [5, 5.41) is 0. The number of carbonyl (C=O) groups is 2. The minimum atomic E-state index is -0.669. The Bertz CT molecular complexity index is 1880. The summed E-state index contributed by atoms with van der Waals surface area (Å²) in [6.45, 7) is 4.26. The molecule has 1 atom stereocenters. The van der Waals surface area contributed by atoms with Gasteiger partial charge in [-0.25, -0.2) is 14.6 Å². The highest BCUT2D eigenvalue weighted by Gasteiger charge is 2.33. The number of aromatic nitrogens is 1. The third-order valence-corrected chi connectivity index (χ3v) is 8.36. The number of thiazole rings is 1. The van der Waals surface area contributed by atoms with Crippen LogP contribution in [-0.4, -0.2) is 30.2 Å². The van der Waals surface area contributed by atoms with E-state index < -0.39 is 12.0 Å². The number of rotatable bonds is 9. The van der Waals surface area contributed by atoms with Crippen molar-refractivity contribution in [1.29, 1.82) is 0 Å². The molecule has 220 valence electrons. The molecule has 1 aliphatic heterocycles. The van der Waals surface area contributed by atoms with Gasteiger partial charge in [-0.2, -0.15) is 0 Å². The van der Waals surface area contributed by atoms with Crippen LogP contribution < -0.4 is 19.6 Å². The van der Waals surface area contributed by atoms with E-state index in [4.69, 9.17) is 19.2 Å². The lowest BCUT2D eigenvalue weighted by atomic mass is 9.95. The average Bonchev–Trinajstić information content (AvgIpc) is 3.34. The normalized spacial score (nSPS) is 14.6. The number of esters is 2. The minimum Gasteiger partial charge on any atom is -0.488 e. The van der Waals surface area contributed by atoms with Crippen LogP contribution in [0, 0.1) is 0 Å². The van der Waals surface area contributed by atoms with Crippen LogP contribution in [0.4, 0.5) is 0 Å². The van der Waals surface area contributed by atoms with Gasteiger partial charge in [0.05, 0.1) is 41.1 Å². The van der Waals surface area contributed by atoms with Crippen molar-refractivity contribution in [3.05, 3.63) is 130 Å². The van der Waals surface area contributed by atoms with Gasteiger partial charge in [0.15, 0.2) is 4.80 Å². The Hall–Kier alpha value is -4.28. The number of nitrogens with zero attached hydrogens (tertiary/aromatic N) is 2. The van der Waals surface area contributed by atoms with Gasteiger partial charge in [0, 0.05) is 10.0 Å². The molecule has 3 aromatic carbocycles. The summed E-state index contributed by atoms with van der Waals surface area (Å²) in [6.07, 6.45) is 2.28. The van der Waals surface area contributed by atoms with Crippen LogP contribution in [0.15, 0.2) is 98.3 Å². The SMILES string of the molecule is CCOC(=O)c1ccc(COc2ccc(Br)cc2/C=c2/sc3n(c2=O)[C@H](c2ccccc2)C(C(=O)OC)=C(CC)N=3)cc1. The van der Waals surface area contributed by atoms with Gasteiger partial charge < -0.3 is 14.2 Å². The fraction of sp³-hybridized carbons (Fsp3) is 0.212. The molecule has 0 amide bonds. The third-order valence-electron chi connectivity index (χ3n) is 6.88. The molecule has 0 radical (unpaired) electrons. The van der Waals surface area contributed by atoms with Crippen LogP contribution in [0.2, 0.25) is 0 Å². The molecule has 1 aromatic heterocycles. The average molecular weight is 662 g/mol. The predicted molar refractivity (Wildman–Crippen MR) is 168 cm³/mol. The highest BCUT2D eigenvalue weighted by molar-refractivity contribution is 9.10. The molecule has 0 unspecified atom stereocenters. The predicted octanol–water partition coefficient (Wildman–Crippen LogP) is 5.32. The number of allylic oxidation sites excluding steroid dienone is 1. The van der Waals surface area contributed by atoms with E-state index in [1.807, 2.05) is 67.6 Å². The molecule has 10 heteroatoms. The van der Waals surface area contributed by atoms with Crippen LogP contribution >= 0.6 is 27.3 Å². The summed E-state index contributed by atoms with van der Waals surface area (Å²) in [7, 11) is 1.33. The molecule has 0 aliphatic carbocycles.